The molecular formula is C9H6ClF2N3. The van der Waals surface area contributed by atoms with E-state index >= 15 is 0 Å². The molecule has 0 aliphatic heterocycles. The number of hydrogen-bond acceptors (Lipinski definition) is 2. The van der Waals surface area contributed by atoms with E-state index in [4.69, 9.17) is 11.6 Å². The minimum absolute atomic E-state index is 0.129. The monoisotopic (exact) mass is 229 g/mol. The summed E-state index contributed by atoms with van der Waals surface area (Å²) in [6, 6.07) is 3.22. The lowest BCUT2D eigenvalue weighted by molar-refractivity contribution is 0.570. The molecule has 0 bridgehead atoms. The summed E-state index contributed by atoms with van der Waals surface area (Å²) < 4.78 is 27.3. The Hall–Kier alpha value is -1.49. The molecule has 0 saturated heterocycles. The first-order valence-corrected chi connectivity index (χ1v) is 4.67. The molecule has 0 atom stereocenters. The van der Waals surface area contributed by atoms with Crippen LogP contribution in [0.2, 0.25) is 0 Å². The zero-order valence-corrected chi connectivity index (χ0v) is 8.25. The second-order valence-corrected chi connectivity index (χ2v) is 3.13. The maximum absolute atomic E-state index is 13.4. The summed E-state index contributed by atoms with van der Waals surface area (Å²) in [6.07, 6.45) is 1.43. The second-order valence-electron chi connectivity index (χ2n) is 2.87. The molecule has 1 aromatic carbocycles. The minimum Gasteiger partial charge on any atom is -0.213 e. The predicted octanol–water partition coefficient (Wildman–Crippen LogP) is 2.28. The van der Waals surface area contributed by atoms with Gasteiger partial charge in [-0.25, -0.2) is 13.5 Å². The van der Waals surface area contributed by atoms with E-state index in [1.807, 2.05) is 0 Å². The first-order valence-electron chi connectivity index (χ1n) is 4.13. The Kier molecular flexibility index (Phi) is 2.64. The average molecular weight is 230 g/mol. The molecule has 0 amide bonds. The molecule has 0 fully saturated rings. The summed E-state index contributed by atoms with van der Waals surface area (Å²) in [7, 11) is 0. The lowest BCUT2D eigenvalue weighted by Crippen LogP contribution is -2.03. The number of nitrogens with zero attached hydrogens (tertiary/aromatic N) is 3. The third-order valence-corrected chi connectivity index (χ3v) is 2.17. The Morgan fingerprint density at radius 3 is 2.80 bits per heavy atom. The van der Waals surface area contributed by atoms with Crippen molar-refractivity contribution in [3.8, 4) is 5.69 Å². The van der Waals surface area contributed by atoms with Crippen molar-refractivity contribution in [1.82, 2.24) is 15.0 Å². The van der Waals surface area contributed by atoms with Gasteiger partial charge in [-0.3, -0.25) is 0 Å². The van der Waals surface area contributed by atoms with Crippen LogP contribution in [0.4, 0.5) is 8.78 Å². The van der Waals surface area contributed by atoms with Crippen molar-refractivity contribution in [2.75, 3.05) is 0 Å². The smallest absolute Gasteiger partial charge is 0.151 e. The molecule has 2 aromatic rings. The van der Waals surface area contributed by atoms with Crippen LogP contribution >= 0.6 is 11.6 Å². The fraction of sp³-hybridized carbons (Fsp3) is 0.111. The third kappa shape index (κ3) is 1.83. The van der Waals surface area contributed by atoms with Crippen LogP contribution in [0.1, 0.15) is 5.69 Å². The van der Waals surface area contributed by atoms with E-state index in [9.17, 15) is 8.78 Å². The molecule has 0 radical (unpaired) electrons. The normalized spacial score (nSPS) is 10.6. The highest BCUT2D eigenvalue weighted by Gasteiger charge is 2.10. The molecule has 0 N–H and O–H groups in total. The van der Waals surface area contributed by atoms with Gasteiger partial charge in [0, 0.05) is 6.07 Å². The van der Waals surface area contributed by atoms with Crippen LogP contribution in [-0.2, 0) is 5.88 Å². The summed E-state index contributed by atoms with van der Waals surface area (Å²) in [5.74, 6) is -1.18. The molecule has 2 rings (SSSR count). The van der Waals surface area contributed by atoms with E-state index in [-0.39, 0.29) is 11.6 Å². The van der Waals surface area contributed by atoms with Crippen molar-refractivity contribution in [1.29, 1.82) is 0 Å². The van der Waals surface area contributed by atoms with Crippen LogP contribution < -0.4 is 0 Å². The number of rotatable bonds is 2. The summed E-state index contributed by atoms with van der Waals surface area (Å²) in [4.78, 5) is 0. The first-order chi connectivity index (χ1) is 7.22. The minimum atomic E-state index is -0.702. The Labute approximate surface area is 89.3 Å². The van der Waals surface area contributed by atoms with E-state index in [0.717, 1.165) is 12.1 Å². The molecule has 6 heteroatoms. The van der Waals surface area contributed by atoms with Gasteiger partial charge in [-0.15, -0.1) is 16.7 Å². The fourth-order valence-electron chi connectivity index (χ4n) is 1.20. The van der Waals surface area contributed by atoms with E-state index in [0.29, 0.717) is 5.69 Å². The standard InChI is InChI=1S/C9H6ClF2N3/c10-4-7-5-13-14-15(7)9-2-1-6(11)3-8(9)12/h1-3,5H,4H2. The van der Waals surface area contributed by atoms with E-state index < -0.39 is 11.6 Å². The second kappa shape index (κ2) is 3.94. The molecule has 15 heavy (non-hydrogen) atoms. The summed E-state index contributed by atoms with van der Waals surface area (Å²) in [5, 5.41) is 7.27. The highest BCUT2D eigenvalue weighted by molar-refractivity contribution is 6.16. The molecule has 0 aliphatic rings. The topological polar surface area (TPSA) is 30.7 Å². The first kappa shape index (κ1) is 10.0. The lowest BCUT2D eigenvalue weighted by Gasteiger charge is -2.04. The third-order valence-electron chi connectivity index (χ3n) is 1.89. The maximum Gasteiger partial charge on any atom is 0.151 e. The van der Waals surface area contributed by atoms with Gasteiger partial charge in [-0.2, -0.15) is 0 Å². The van der Waals surface area contributed by atoms with Crippen LogP contribution in [0.3, 0.4) is 0 Å². The van der Waals surface area contributed by atoms with Crippen molar-refractivity contribution in [3.63, 3.8) is 0 Å². The zero-order valence-electron chi connectivity index (χ0n) is 7.49. The predicted molar refractivity (Wildman–Crippen MR) is 50.8 cm³/mol. The number of alkyl halides is 1. The van der Waals surface area contributed by atoms with Crippen LogP contribution in [-0.4, -0.2) is 15.0 Å². The molecular weight excluding hydrogens is 224 g/mol. The van der Waals surface area contributed by atoms with Gasteiger partial charge < -0.3 is 0 Å². The van der Waals surface area contributed by atoms with Crippen molar-refractivity contribution in [2.24, 2.45) is 0 Å². The molecule has 0 spiro atoms. The zero-order chi connectivity index (χ0) is 10.8. The van der Waals surface area contributed by atoms with Gasteiger partial charge in [-0.05, 0) is 12.1 Å². The molecule has 3 nitrogen and oxygen atoms in total. The van der Waals surface area contributed by atoms with E-state index in [2.05, 4.69) is 10.3 Å². The van der Waals surface area contributed by atoms with Crippen molar-refractivity contribution < 1.29 is 8.78 Å². The average Bonchev–Trinajstić information content (AvgIpc) is 2.65. The largest absolute Gasteiger partial charge is 0.213 e. The van der Waals surface area contributed by atoms with Gasteiger partial charge in [0.1, 0.15) is 11.5 Å². The van der Waals surface area contributed by atoms with Crippen LogP contribution in [0, 0.1) is 11.6 Å². The van der Waals surface area contributed by atoms with Crippen molar-refractivity contribution >= 4 is 11.6 Å². The van der Waals surface area contributed by atoms with E-state index in [1.165, 1.54) is 16.9 Å². The Morgan fingerprint density at radius 2 is 2.13 bits per heavy atom. The summed E-state index contributed by atoms with van der Waals surface area (Å²) in [5.41, 5.74) is 0.673. The molecule has 0 unspecified atom stereocenters. The molecule has 0 aliphatic carbocycles. The van der Waals surface area contributed by atoms with Gasteiger partial charge in [0.2, 0.25) is 0 Å². The maximum atomic E-state index is 13.4. The Morgan fingerprint density at radius 1 is 1.33 bits per heavy atom. The lowest BCUT2D eigenvalue weighted by atomic mass is 10.3. The van der Waals surface area contributed by atoms with Crippen molar-refractivity contribution in [3.05, 3.63) is 41.7 Å². The van der Waals surface area contributed by atoms with Gasteiger partial charge in [0.25, 0.3) is 0 Å². The van der Waals surface area contributed by atoms with Gasteiger partial charge in [0.05, 0.1) is 17.8 Å². The van der Waals surface area contributed by atoms with Crippen LogP contribution in [0.15, 0.2) is 24.4 Å². The Balaban J connectivity index is 2.54. The SMILES string of the molecule is Fc1ccc(-n2nncc2CCl)c(F)c1. The summed E-state index contributed by atoms with van der Waals surface area (Å²) in [6.45, 7) is 0. The van der Waals surface area contributed by atoms with Crippen LogP contribution in [0.5, 0.6) is 0 Å². The van der Waals surface area contributed by atoms with Crippen molar-refractivity contribution in [2.45, 2.75) is 5.88 Å². The Bertz CT molecular complexity index is 484. The van der Waals surface area contributed by atoms with Gasteiger partial charge >= 0.3 is 0 Å². The quantitative estimate of drug-likeness (QED) is 0.740. The molecule has 1 aromatic heterocycles. The summed E-state index contributed by atoms with van der Waals surface area (Å²) >= 11 is 5.61. The highest BCUT2D eigenvalue weighted by Crippen LogP contribution is 2.16. The van der Waals surface area contributed by atoms with Gasteiger partial charge in [0.15, 0.2) is 5.82 Å². The molecule has 78 valence electrons. The fourth-order valence-corrected chi connectivity index (χ4v) is 1.39. The number of benzene rings is 1. The number of halogens is 3. The number of aromatic nitrogens is 3. The molecule has 0 saturated carbocycles. The van der Waals surface area contributed by atoms with E-state index in [1.54, 1.807) is 0 Å². The van der Waals surface area contributed by atoms with Gasteiger partial charge in [-0.1, -0.05) is 5.21 Å². The highest BCUT2D eigenvalue weighted by atomic mass is 35.5. The molecule has 1 heterocycles. The number of hydrogen-bond donors (Lipinski definition) is 0. The van der Waals surface area contributed by atoms with Crippen LogP contribution in [0.25, 0.3) is 5.69 Å².